The van der Waals surface area contributed by atoms with Gasteiger partial charge in [0.05, 0.1) is 16.1 Å². The van der Waals surface area contributed by atoms with Crippen molar-refractivity contribution in [3.8, 4) is 5.75 Å². The molecule has 40 heavy (non-hydrogen) atoms. The summed E-state index contributed by atoms with van der Waals surface area (Å²) in [5.74, 6) is -2.78. The zero-order valence-electron chi connectivity index (χ0n) is 22.0. The Kier molecular flexibility index (Phi) is 7.32. The average Bonchev–Trinajstić information content (AvgIpc) is 3.45. The van der Waals surface area contributed by atoms with Crippen molar-refractivity contribution in [1.29, 1.82) is 0 Å². The average molecular weight is 557 g/mol. The maximum absolute atomic E-state index is 15.1. The molecule has 7 nitrogen and oxygen atoms in total. The summed E-state index contributed by atoms with van der Waals surface area (Å²) in [5, 5.41) is 11.4. The predicted molar refractivity (Wildman–Crippen MR) is 150 cm³/mol. The summed E-state index contributed by atoms with van der Waals surface area (Å²) in [7, 11) is 0. The van der Waals surface area contributed by atoms with E-state index in [4.69, 9.17) is 4.74 Å². The van der Waals surface area contributed by atoms with E-state index in [2.05, 4.69) is 4.98 Å². The summed E-state index contributed by atoms with van der Waals surface area (Å²) < 4.78 is 21.0. The van der Waals surface area contributed by atoms with Gasteiger partial charge in [-0.2, -0.15) is 0 Å². The molecule has 1 fully saturated rings. The topological polar surface area (TPSA) is 96.8 Å². The van der Waals surface area contributed by atoms with E-state index in [9.17, 15) is 19.5 Å². The Morgan fingerprint density at radius 3 is 2.35 bits per heavy atom. The number of aromatic nitrogens is 1. The fourth-order valence-electron chi connectivity index (χ4n) is 4.63. The molecule has 1 aromatic heterocycles. The molecule has 1 N–H and O–H groups in total. The Bertz CT molecular complexity index is 1680. The zero-order valence-corrected chi connectivity index (χ0v) is 22.8. The molecule has 1 atom stereocenters. The van der Waals surface area contributed by atoms with Crippen LogP contribution in [0.5, 0.6) is 5.75 Å². The number of aliphatic hydroxyl groups excluding tert-OH is 1. The second-order valence-electron chi connectivity index (χ2n) is 9.40. The Balaban J connectivity index is 1.55. The lowest BCUT2D eigenvalue weighted by Gasteiger charge is -2.23. The third-order valence-corrected chi connectivity index (χ3v) is 8.00. The largest absolute Gasteiger partial charge is 0.507 e. The van der Waals surface area contributed by atoms with Crippen molar-refractivity contribution in [3.63, 3.8) is 0 Å². The number of halogens is 1. The van der Waals surface area contributed by atoms with Gasteiger partial charge in [0, 0.05) is 18.1 Å². The Hall–Kier alpha value is -4.63. The first-order chi connectivity index (χ1) is 19.2. The van der Waals surface area contributed by atoms with Crippen molar-refractivity contribution in [3.05, 3.63) is 117 Å². The number of ether oxygens (including phenoxy) is 1. The highest BCUT2D eigenvalue weighted by molar-refractivity contribution is 7.18. The molecular formula is C31H25FN2O5S. The second kappa shape index (κ2) is 10.9. The number of rotatable bonds is 7. The number of nitrogens with zero attached hydrogens (tertiary/aromatic N) is 2. The zero-order chi connectivity index (χ0) is 28.6. The minimum atomic E-state index is -1.29. The van der Waals surface area contributed by atoms with Gasteiger partial charge >= 0.3 is 5.91 Å². The number of aliphatic hydroxyl groups is 1. The van der Waals surface area contributed by atoms with E-state index in [1.165, 1.54) is 25.1 Å². The number of thiazole rings is 1. The molecule has 2 heterocycles. The molecule has 9 heteroatoms. The monoisotopic (exact) mass is 556 g/mol. The summed E-state index contributed by atoms with van der Waals surface area (Å²) in [6, 6.07) is 18.7. The Morgan fingerprint density at radius 2 is 1.70 bits per heavy atom. The molecule has 1 aliphatic rings. The van der Waals surface area contributed by atoms with Crippen LogP contribution in [0.4, 0.5) is 9.52 Å². The molecule has 3 aromatic carbocycles. The van der Waals surface area contributed by atoms with E-state index >= 15 is 4.39 Å². The molecule has 0 radical (unpaired) electrons. The smallest absolute Gasteiger partial charge is 0.301 e. The summed E-state index contributed by atoms with van der Waals surface area (Å²) in [6.45, 7) is 5.34. The first-order valence-corrected chi connectivity index (χ1v) is 13.3. The first-order valence-electron chi connectivity index (χ1n) is 12.5. The van der Waals surface area contributed by atoms with Crippen LogP contribution in [-0.4, -0.2) is 27.6 Å². The highest BCUT2D eigenvalue weighted by Gasteiger charge is 2.49. The standard InChI is InChI=1S/C31H25FN2O5S/c1-17-8-4-5-9-21(17)16-39-22-14-12-20(13-15-22)27(36)25-26(23-10-6-7-11-24(23)32)34(30(38)28(25)37)31-33-18(2)29(40-31)19(3)35/h4-15,26,36H,16H2,1-3H3/b27-25+. The lowest BCUT2D eigenvalue weighted by molar-refractivity contribution is -0.132. The van der Waals surface area contributed by atoms with Crippen molar-refractivity contribution >= 4 is 39.7 Å². The molecule has 0 saturated carbocycles. The van der Waals surface area contributed by atoms with Crippen LogP contribution >= 0.6 is 11.3 Å². The van der Waals surface area contributed by atoms with E-state index < -0.39 is 29.3 Å². The third-order valence-electron chi connectivity index (χ3n) is 6.74. The lowest BCUT2D eigenvalue weighted by atomic mass is 9.95. The van der Waals surface area contributed by atoms with Crippen LogP contribution in [0, 0.1) is 19.7 Å². The van der Waals surface area contributed by atoms with Crippen molar-refractivity contribution in [2.45, 2.75) is 33.4 Å². The number of carbonyl (C=O) groups excluding carboxylic acids is 3. The van der Waals surface area contributed by atoms with Gasteiger partial charge in [0.1, 0.15) is 30.0 Å². The van der Waals surface area contributed by atoms with Gasteiger partial charge in [0.25, 0.3) is 5.78 Å². The Labute approximate surface area is 234 Å². The molecule has 1 aliphatic heterocycles. The molecule has 0 spiro atoms. The highest BCUT2D eigenvalue weighted by atomic mass is 32.1. The van der Waals surface area contributed by atoms with E-state index in [0.29, 0.717) is 22.9 Å². The highest BCUT2D eigenvalue weighted by Crippen LogP contribution is 2.44. The fraction of sp³-hybridized carbons (Fsp3) is 0.161. The maximum atomic E-state index is 15.1. The molecule has 0 bridgehead atoms. The normalized spacial score (nSPS) is 16.4. The van der Waals surface area contributed by atoms with Gasteiger partial charge in [0.2, 0.25) is 0 Å². The SMILES string of the molecule is CC(=O)c1sc(N2C(=O)C(=O)/C(=C(/O)c3ccc(OCc4ccccc4C)cc3)C2c2ccccc2F)nc1C. The first kappa shape index (κ1) is 27.0. The minimum Gasteiger partial charge on any atom is -0.507 e. The number of Topliss-reactive ketones (excluding diaryl/α,β-unsaturated/α-hetero) is 2. The minimum absolute atomic E-state index is 0.0127. The fourth-order valence-corrected chi connectivity index (χ4v) is 5.62. The van der Waals surface area contributed by atoms with Crippen LogP contribution < -0.4 is 9.64 Å². The summed E-state index contributed by atoms with van der Waals surface area (Å²) >= 11 is 0.940. The number of aryl methyl sites for hydroxylation is 2. The number of hydrogen-bond donors (Lipinski definition) is 1. The van der Waals surface area contributed by atoms with Crippen molar-refractivity contribution in [1.82, 2.24) is 4.98 Å². The predicted octanol–water partition coefficient (Wildman–Crippen LogP) is 6.31. The number of anilines is 1. The van der Waals surface area contributed by atoms with Gasteiger partial charge in [-0.1, -0.05) is 53.8 Å². The van der Waals surface area contributed by atoms with E-state index in [1.54, 1.807) is 37.3 Å². The van der Waals surface area contributed by atoms with Crippen molar-refractivity contribution in [2.24, 2.45) is 0 Å². The van der Waals surface area contributed by atoms with Gasteiger partial charge < -0.3 is 9.84 Å². The molecule has 202 valence electrons. The number of carbonyl (C=O) groups is 3. The maximum Gasteiger partial charge on any atom is 0.301 e. The quantitative estimate of drug-likeness (QED) is 0.124. The number of ketones is 2. The molecule has 0 aliphatic carbocycles. The Morgan fingerprint density at radius 1 is 1.02 bits per heavy atom. The van der Waals surface area contributed by atoms with Crippen LogP contribution in [0.1, 0.15) is 50.6 Å². The van der Waals surface area contributed by atoms with Crippen LogP contribution in [0.3, 0.4) is 0 Å². The molecule has 4 aromatic rings. The molecule has 5 rings (SSSR count). The van der Waals surface area contributed by atoms with Gasteiger partial charge in [-0.05, 0) is 55.3 Å². The van der Waals surface area contributed by atoms with Crippen LogP contribution in [0.25, 0.3) is 5.76 Å². The van der Waals surface area contributed by atoms with Crippen LogP contribution in [0.2, 0.25) is 0 Å². The second-order valence-corrected chi connectivity index (χ2v) is 10.4. The van der Waals surface area contributed by atoms with Gasteiger partial charge in [-0.15, -0.1) is 0 Å². The van der Waals surface area contributed by atoms with Crippen LogP contribution in [-0.2, 0) is 16.2 Å². The number of benzene rings is 3. The van der Waals surface area contributed by atoms with Gasteiger partial charge in [0.15, 0.2) is 10.9 Å². The van der Waals surface area contributed by atoms with Crippen LogP contribution in [0.15, 0.2) is 78.4 Å². The van der Waals surface area contributed by atoms with Gasteiger partial charge in [-0.25, -0.2) is 9.37 Å². The molecule has 1 saturated heterocycles. The number of amides is 1. The summed E-state index contributed by atoms with van der Waals surface area (Å²) in [5.41, 5.74) is 2.51. The lowest BCUT2D eigenvalue weighted by Crippen LogP contribution is -2.29. The molecular weight excluding hydrogens is 531 g/mol. The van der Waals surface area contributed by atoms with Crippen molar-refractivity contribution < 1.29 is 28.6 Å². The summed E-state index contributed by atoms with van der Waals surface area (Å²) in [4.78, 5) is 44.4. The third kappa shape index (κ3) is 4.91. The van der Waals surface area contributed by atoms with Crippen molar-refractivity contribution in [2.75, 3.05) is 4.90 Å². The number of hydrogen-bond acceptors (Lipinski definition) is 7. The van der Waals surface area contributed by atoms with E-state index in [-0.39, 0.29) is 27.6 Å². The summed E-state index contributed by atoms with van der Waals surface area (Å²) in [6.07, 6.45) is 0. The van der Waals surface area contributed by atoms with E-state index in [1.807, 2.05) is 31.2 Å². The molecule has 1 unspecified atom stereocenters. The molecule has 1 amide bonds. The van der Waals surface area contributed by atoms with Gasteiger partial charge in [-0.3, -0.25) is 19.3 Å². The van der Waals surface area contributed by atoms with E-state index in [0.717, 1.165) is 27.4 Å².